The van der Waals surface area contributed by atoms with Crippen molar-refractivity contribution in [2.24, 2.45) is 4.99 Å². The van der Waals surface area contributed by atoms with Crippen LogP contribution < -0.4 is 10.6 Å². The number of fused-ring (bicyclic) bond motifs is 3. The number of nitrogens with zero attached hydrogens (tertiary/aromatic N) is 3. The zero-order valence-electron chi connectivity index (χ0n) is 15.0. The molecule has 4 rings (SSSR count). The molecule has 3 aliphatic heterocycles. The van der Waals surface area contributed by atoms with Crippen molar-refractivity contribution < 1.29 is 0 Å². The van der Waals surface area contributed by atoms with Gasteiger partial charge in [0.1, 0.15) is 0 Å². The molecule has 7 heteroatoms. The number of hydrogen-bond acceptors (Lipinski definition) is 3. The van der Waals surface area contributed by atoms with E-state index in [4.69, 9.17) is 16.6 Å². The van der Waals surface area contributed by atoms with Crippen molar-refractivity contribution >= 4 is 41.5 Å². The van der Waals surface area contributed by atoms with Crippen LogP contribution in [0.4, 0.5) is 0 Å². The highest BCUT2D eigenvalue weighted by Crippen LogP contribution is 2.17. The normalized spacial score (nSPS) is 26.7. The van der Waals surface area contributed by atoms with E-state index < -0.39 is 0 Å². The molecule has 140 valence electrons. The maximum Gasteiger partial charge on any atom is 0.191 e. The minimum atomic E-state index is 0. The lowest BCUT2D eigenvalue weighted by molar-refractivity contribution is 0.0174. The molecule has 0 aliphatic carbocycles. The first-order chi connectivity index (χ1) is 11.7. The van der Waals surface area contributed by atoms with E-state index in [9.17, 15) is 0 Å². The van der Waals surface area contributed by atoms with Crippen molar-refractivity contribution in [1.82, 2.24) is 20.4 Å². The van der Waals surface area contributed by atoms with Crippen LogP contribution in [0.3, 0.4) is 0 Å². The molecule has 1 aromatic carbocycles. The molecule has 3 aliphatic rings. The van der Waals surface area contributed by atoms with E-state index in [1.807, 2.05) is 12.1 Å². The SMILES string of the molecule is CCNC(=NCC1CN2CCN1CC2)NC(C)c1ccc(Cl)cc1.I. The molecule has 0 spiro atoms. The Labute approximate surface area is 173 Å². The topological polar surface area (TPSA) is 42.9 Å². The number of aliphatic imine (C=N–C) groups is 1. The van der Waals surface area contributed by atoms with Crippen LogP contribution in [-0.4, -0.2) is 67.6 Å². The highest BCUT2D eigenvalue weighted by Gasteiger charge is 2.31. The number of nitrogens with one attached hydrogen (secondary N) is 2. The Morgan fingerprint density at radius 3 is 2.48 bits per heavy atom. The average Bonchev–Trinajstić information content (AvgIpc) is 2.61. The van der Waals surface area contributed by atoms with Crippen LogP contribution in [0.15, 0.2) is 29.3 Å². The first-order valence-corrected chi connectivity index (χ1v) is 9.30. The van der Waals surface area contributed by atoms with Gasteiger partial charge in [-0.15, -0.1) is 24.0 Å². The van der Waals surface area contributed by atoms with Crippen LogP contribution in [0.2, 0.25) is 5.02 Å². The van der Waals surface area contributed by atoms with E-state index >= 15 is 0 Å². The van der Waals surface area contributed by atoms with Gasteiger partial charge in [-0.1, -0.05) is 23.7 Å². The van der Waals surface area contributed by atoms with Gasteiger partial charge >= 0.3 is 0 Å². The Morgan fingerprint density at radius 2 is 1.92 bits per heavy atom. The zero-order valence-corrected chi connectivity index (χ0v) is 18.1. The number of guanidine groups is 1. The van der Waals surface area contributed by atoms with Crippen molar-refractivity contribution in [3.05, 3.63) is 34.9 Å². The number of rotatable bonds is 5. The minimum absolute atomic E-state index is 0. The number of halogens is 2. The second-order valence-corrected chi connectivity index (χ2v) is 7.06. The first kappa shape index (κ1) is 20.7. The summed E-state index contributed by atoms with van der Waals surface area (Å²) in [5.41, 5.74) is 1.21. The van der Waals surface area contributed by atoms with Gasteiger partial charge in [0.05, 0.1) is 12.6 Å². The molecule has 0 radical (unpaired) electrons. The van der Waals surface area contributed by atoms with E-state index in [1.165, 1.54) is 31.7 Å². The van der Waals surface area contributed by atoms with E-state index in [2.05, 4.69) is 46.4 Å². The highest BCUT2D eigenvalue weighted by molar-refractivity contribution is 14.0. The monoisotopic (exact) mass is 477 g/mol. The summed E-state index contributed by atoms with van der Waals surface area (Å²) < 4.78 is 0. The molecule has 2 N–H and O–H groups in total. The molecule has 3 saturated heterocycles. The Hall–Kier alpha value is -0.570. The second-order valence-electron chi connectivity index (χ2n) is 6.63. The fourth-order valence-corrected chi connectivity index (χ4v) is 3.58. The second kappa shape index (κ2) is 9.94. The summed E-state index contributed by atoms with van der Waals surface area (Å²) in [6.45, 7) is 11.9. The third kappa shape index (κ3) is 5.70. The first-order valence-electron chi connectivity index (χ1n) is 8.92. The van der Waals surface area contributed by atoms with Gasteiger partial charge in [0, 0.05) is 50.3 Å². The Balaban J connectivity index is 0.00000225. The molecular weight excluding hydrogens is 449 g/mol. The van der Waals surface area contributed by atoms with Gasteiger partial charge in [-0.05, 0) is 31.5 Å². The Bertz CT molecular complexity index is 557. The van der Waals surface area contributed by atoms with Gasteiger partial charge in [0.15, 0.2) is 5.96 Å². The molecule has 2 unspecified atom stereocenters. The summed E-state index contributed by atoms with van der Waals surface area (Å²) in [6.07, 6.45) is 0. The fourth-order valence-electron chi connectivity index (χ4n) is 3.45. The van der Waals surface area contributed by atoms with E-state index in [0.29, 0.717) is 6.04 Å². The molecule has 25 heavy (non-hydrogen) atoms. The fraction of sp³-hybridized carbons (Fsp3) is 0.611. The molecule has 0 amide bonds. The van der Waals surface area contributed by atoms with Crippen LogP contribution in [0, 0.1) is 0 Å². The third-order valence-electron chi connectivity index (χ3n) is 4.92. The van der Waals surface area contributed by atoms with Gasteiger partial charge in [-0.2, -0.15) is 0 Å². The molecule has 3 heterocycles. The lowest BCUT2D eigenvalue weighted by atomic mass is 10.1. The average molecular weight is 478 g/mol. The molecule has 2 bridgehead atoms. The quantitative estimate of drug-likeness (QED) is 0.389. The Kier molecular flexibility index (Phi) is 8.25. The lowest BCUT2D eigenvalue weighted by Gasteiger charge is -2.47. The molecule has 0 saturated carbocycles. The molecule has 1 aromatic rings. The summed E-state index contributed by atoms with van der Waals surface area (Å²) >= 11 is 5.97. The van der Waals surface area contributed by atoms with Gasteiger partial charge in [-0.3, -0.25) is 14.8 Å². The molecule has 0 aromatic heterocycles. The molecule has 2 atom stereocenters. The van der Waals surface area contributed by atoms with Crippen LogP contribution >= 0.6 is 35.6 Å². The predicted molar refractivity (Wildman–Crippen MR) is 116 cm³/mol. The van der Waals surface area contributed by atoms with Crippen LogP contribution in [-0.2, 0) is 0 Å². The van der Waals surface area contributed by atoms with Crippen LogP contribution in [0.1, 0.15) is 25.5 Å². The lowest BCUT2D eigenvalue weighted by Crippen LogP contribution is -2.62. The van der Waals surface area contributed by atoms with Gasteiger partial charge in [-0.25, -0.2) is 0 Å². The summed E-state index contributed by atoms with van der Waals surface area (Å²) in [7, 11) is 0. The summed E-state index contributed by atoms with van der Waals surface area (Å²) in [5, 5.41) is 7.63. The number of hydrogen-bond donors (Lipinski definition) is 2. The molecule has 3 fully saturated rings. The van der Waals surface area contributed by atoms with Crippen molar-refractivity contribution in [2.75, 3.05) is 45.8 Å². The van der Waals surface area contributed by atoms with Gasteiger partial charge in [0.25, 0.3) is 0 Å². The van der Waals surface area contributed by atoms with Crippen molar-refractivity contribution in [1.29, 1.82) is 0 Å². The largest absolute Gasteiger partial charge is 0.357 e. The van der Waals surface area contributed by atoms with E-state index in [1.54, 1.807) is 0 Å². The van der Waals surface area contributed by atoms with Gasteiger partial charge < -0.3 is 10.6 Å². The standard InChI is InChI=1S/C18H28ClN5.HI/c1-3-20-18(22-14(2)15-4-6-16(19)7-5-15)21-12-17-13-23-8-10-24(17)11-9-23;/h4-7,14,17H,3,8-13H2,1-2H3,(H2,20,21,22);1H. The maximum atomic E-state index is 5.97. The number of piperazine rings is 3. The highest BCUT2D eigenvalue weighted by atomic mass is 127. The third-order valence-corrected chi connectivity index (χ3v) is 5.17. The number of benzene rings is 1. The van der Waals surface area contributed by atoms with Crippen molar-refractivity contribution in [3.8, 4) is 0 Å². The van der Waals surface area contributed by atoms with Crippen molar-refractivity contribution in [2.45, 2.75) is 25.9 Å². The maximum absolute atomic E-state index is 5.97. The summed E-state index contributed by atoms with van der Waals surface area (Å²) in [4.78, 5) is 9.97. The van der Waals surface area contributed by atoms with Gasteiger partial charge in [0.2, 0.25) is 0 Å². The smallest absolute Gasteiger partial charge is 0.191 e. The summed E-state index contributed by atoms with van der Waals surface area (Å²) in [6, 6.07) is 8.71. The summed E-state index contributed by atoms with van der Waals surface area (Å²) in [5.74, 6) is 0.887. The van der Waals surface area contributed by atoms with Crippen molar-refractivity contribution in [3.63, 3.8) is 0 Å². The zero-order chi connectivity index (χ0) is 16.9. The molecular formula is C18H29ClIN5. The van der Waals surface area contributed by atoms with E-state index in [0.717, 1.165) is 30.6 Å². The van der Waals surface area contributed by atoms with Crippen LogP contribution in [0.25, 0.3) is 0 Å². The Morgan fingerprint density at radius 1 is 1.24 bits per heavy atom. The molecule has 5 nitrogen and oxygen atoms in total. The minimum Gasteiger partial charge on any atom is -0.357 e. The van der Waals surface area contributed by atoms with E-state index in [-0.39, 0.29) is 30.0 Å². The van der Waals surface area contributed by atoms with Crippen LogP contribution in [0.5, 0.6) is 0 Å². The predicted octanol–water partition coefficient (Wildman–Crippen LogP) is 2.57.